The van der Waals surface area contributed by atoms with Crippen LogP contribution in [0, 0.1) is 0 Å². The third-order valence-electron chi connectivity index (χ3n) is 2.99. The van der Waals surface area contributed by atoms with Crippen molar-refractivity contribution in [1.29, 1.82) is 0 Å². The molecule has 0 fully saturated rings. The highest BCUT2D eigenvalue weighted by Gasteiger charge is 2.08. The van der Waals surface area contributed by atoms with E-state index in [4.69, 9.17) is 0 Å². The number of aryl methyl sites for hydroxylation is 1. The molecule has 0 bridgehead atoms. The summed E-state index contributed by atoms with van der Waals surface area (Å²) in [5, 5.41) is 0. The molecule has 0 radical (unpaired) electrons. The summed E-state index contributed by atoms with van der Waals surface area (Å²) in [4.78, 5) is 14.1. The Labute approximate surface area is 105 Å². The van der Waals surface area contributed by atoms with Crippen LogP contribution in [0.2, 0.25) is 0 Å². The number of carbonyl (C=O) groups excluding carboxylic acids is 1. The van der Waals surface area contributed by atoms with Crippen LogP contribution in [0.4, 0.5) is 0 Å². The van der Waals surface area contributed by atoms with Crippen LogP contribution in [0.5, 0.6) is 0 Å². The van der Waals surface area contributed by atoms with E-state index in [1.165, 1.54) is 12.0 Å². The molecule has 0 amide bonds. The summed E-state index contributed by atoms with van der Waals surface area (Å²) in [5.74, 6) is 0.214. The molecule has 0 unspecified atom stereocenters. The molecule has 0 aliphatic heterocycles. The maximum absolute atomic E-state index is 12.0. The molecule has 1 rings (SSSR count). The number of hydrogen-bond acceptors (Lipinski definition) is 2. The Kier molecular flexibility index (Phi) is 5.92. The van der Waals surface area contributed by atoms with Crippen LogP contribution in [-0.2, 0) is 6.42 Å². The zero-order chi connectivity index (χ0) is 12.7. The van der Waals surface area contributed by atoms with Crippen LogP contribution < -0.4 is 0 Å². The van der Waals surface area contributed by atoms with E-state index in [-0.39, 0.29) is 5.78 Å². The lowest BCUT2D eigenvalue weighted by Crippen LogP contribution is -2.26. The van der Waals surface area contributed by atoms with Gasteiger partial charge in [0.1, 0.15) is 0 Å². The Morgan fingerprint density at radius 2 is 1.82 bits per heavy atom. The van der Waals surface area contributed by atoms with Crippen molar-refractivity contribution in [3.8, 4) is 0 Å². The number of rotatable bonds is 7. The largest absolute Gasteiger partial charge is 0.299 e. The van der Waals surface area contributed by atoms with Gasteiger partial charge in [0.2, 0.25) is 0 Å². The summed E-state index contributed by atoms with van der Waals surface area (Å²) in [7, 11) is 2.01. The topological polar surface area (TPSA) is 20.3 Å². The lowest BCUT2D eigenvalue weighted by atomic mass is 10.1. The van der Waals surface area contributed by atoms with Gasteiger partial charge in [0.05, 0.1) is 6.54 Å². The smallest absolute Gasteiger partial charge is 0.176 e. The van der Waals surface area contributed by atoms with Crippen LogP contribution in [0.15, 0.2) is 24.3 Å². The van der Waals surface area contributed by atoms with Crippen molar-refractivity contribution in [2.45, 2.75) is 33.1 Å². The maximum Gasteiger partial charge on any atom is 0.176 e. The van der Waals surface area contributed by atoms with Crippen molar-refractivity contribution >= 4 is 5.78 Å². The van der Waals surface area contributed by atoms with E-state index in [0.29, 0.717) is 6.54 Å². The van der Waals surface area contributed by atoms with Gasteiger partial charge in [-0.25, -0.2) is 0 Å². The molecule has 0 heterocycles. The van der Waals surface area contributed by atoms with E-state index < -0.39 is 0 Å². The Morgan fingerprint density at radius 3 is 2.35 bits per heavy atom. The second kappa shape index (κ2) is 7.23. The fraction of sp³-hybridized carbons (Fsp3) is 0.533. The van der Waals surface area contributed by atoms with Gasteiger partial charge in [0.25, 0.3) is 0 Å². The minimum atomic E-state index is 0.214. The molecular weight excluding hydrogens is 210 g/mol. The molecule has 0 saturated heterocycles. The quantitative estimate of drug-likeness (QED) is 0.674. The highest BCUT2D eigenvalue weighted by Crippen LogP contribution is 2.06. The molecular formula is C15H23NO. The van der Waals surface area contributed by atoms with Crippen molar-refractivity contribution in [1.82, 2.24) is 4.90 Å². The molecule has 1 aromatic carbocycles. The zero-order valence-corrected chi connectivity index (χ0v) is 11.2. The average molecular weight is 233 g/mol. The molecule has 17 heavy (non-hydrogen) atoms. The Balaban J connectivity index is 2.51. The first-order chi connectivity index (χ1) is 8.17. The first kappa shape index (κ1) is 13.9. The first-order valence-electron chi connectivity index (χ1n) is 6.48. The van der Waals surface area contributed by atoms with Crippen LogP contribution in [0.3, 0.4) is 0 Å². The van der Waals surface area contributed by atoms with Gasteiger partial charge < -0.3 is 0 Å². The minimum Gasteiger partial charge on any atom is -0.299 e. The first-order valence-corrected chi connectivity index (χ1v) is 6.48. The highest BCUT2D eigenvalue weighted by atomic mass is 16.1. The van der Waals surface area contributed by atoms with Gasteiger partial charge in [-0.2, -0.15) is 0 Å². The van der Waals surface area contributed by atoms with Crippen molar-refractivity contribution in [2.75, 3.05) is 20.1 Å². The van der Waals surface area contributed by atoms with E-state index in [0.717, 1.165) is 24.9 Å². The summed E-state index contributed by atoms with van der Waals surface area (Å²) >= 11 is 0. The predicted octanol–water partition coefficient (Wildman–Crippen LogP) is 3.16. The van der Waals surface area contributed by atoms with Gasteiger partial charge in [-0.15, -0.1) is 0 Å². The predicted molar refractivity (Wildman–Crippen MR) is 72.6 cm³/mol. The zero-order valence-electron chi connectivity index (χ0n) is 11.2. The lowest BCUT2D eigenvalue weighted by molar-refractivity contribution is 0.0945. The monoisotopic (exact) mass is 233 g/mol. The number of nitrogens with zero attached hydrogens (tertiary/aromatic N) is 1. The fourth-order valence-electron chi connectivity index (χ4n) is 1.77. The SMILES string of the molecule is CCCCN(C)CC(=O)c1ccc(CC)cc1. The molecule has 0 aliphatic rings. The van der Waals surface area contributed by atoms with Crippen LogP contribution in [-0.4, -0.2) is 30.8 Å². The number of ketones is 1. The summed E-state index contributed by atoms with van der Waals surface area (Å²) in [6.07, 6.45) is 3.34. The van der Waals surface area contributed by atoms with E-state index in [1.54, 1.807) is 0 Å². The maximum atomic E-state index is 12.0. The van der Waals surface area contributed by atoms with Crippen LogP contribution in [0.1, 0.15) is 42.6 Å². The molecule has 2 nitrogen and oxygen atoms in total. The molecule has 1 aromatic rings. The fourth-order valence-corrected chi connectivity index (χ4v) is 1.77. The lowest BCUT2D eigenvalue weighted by Gasteiger charge is -2.15. The third-order valence-corrected chi connectivity index (χ3v) is 2.99. The Bertz CT molecular complexity index is 342. The van der Waals surface area contributed by atoms with E-state index in [1.807, 2.05) is 31.3 Å². The van der Waals surface area contributed by atoms with Crippen molar-refractivity contribution < 1.29 is 4.79 Å². The van der Waals surface area contributed by atoms with Gasteiger partial charge in [-0.3, -0.25) is 9.69 Å². The second-order valence-corrected chi connectivity index (χ2v) is 4.56. The summed E-state index contributed by atoms with van der Waals surface area (Å²) < 4.78 is 0. The van der Waals surface area contributed by atoms with E-state index >= 15 is 0 Å². The van der Waals surface area contributed by atoms with E-state index in [2.05, 4.69) is 18.7 Å². The van der Waals surface area contributed by atoms with Gasteiger partial charge in [-0.05, 0) is 32.0 Å². The summed E-state index contributed by atoms with van der Waals surface area (Å²) in [6.45, 7) is 5.80. The number of unbranched alkanes of at least 4 members (excludes halogenated alkanes) is 1. The number of hydrogen-bond donors (Lipinski definition) is 0. The summed E-state index contributed by atoms with van der Waals surface area (Å²) in [6, 6.07) is 7.96. The second-order valence-electron chi connectivity index (χ2n) is 4.56. The molecule has 0 spiro atoms. The Hall–Kier alpha value is -1.15. The van der Waals surface area contributed by atoms with Crippen LogP contribution >= 0.6 is 0 Å². The van der Waals surface area contributed by atoms with Crippen LogP contribution in [0.25, 0.3) is 0 Å². The number of benzene rings is 1. The van der Waals surface area contributed by atoms with Crippen molar-refractivity contribution in [3.63, 3.8) is 0 Å². The minimum absolute atomic E-state index is 0.214. The normalized spacial score (nSPS) is 10.8. The molecule has 0 saturated carbocycles. The third kappa shape index (κ3) is 4.70. The van der Waals surface area contributed by atoms with Gasteiger partial charge in [0.15, 0.2) is 5.78 Å². The average Bonchev–Trinajstić information content (AvgIpc) is 2.36. The molecule has 0 aromatic heterocycles. The van der Waals surface area contributed by atoms with Gasteiger partial charge >= 0.3 is 0 Å². The molecule has 0 aliphatic carbocycles. The standard InChI is InChI=1S/C15H23NO/c1-4-6-11-16(3)12-15(17)14-9-7-13(5-2)8-10-14/h7-10H,4-6,11-12H2,1-3H3. The summed E-state index contributed by atoms with van der Waals surface area (Å²) in [5.41, 5.74) is 2.10. The molecule has 0 atom stereocenters. The van der Waals surface area contributed by atoms with Gasteiger partial charge in [-0.1, -0.05) is 44.5 Å². The number of Topliss-reactive ketones (excluding diaryl/α,β-unsaturated/α-hetero) is 1. The van der Waals surface area contributed by atoms with Crippen molar-refractivity contribution in [2.24, 2.45) is 0 Å². The highest BCUT2D eigenvalue weighted by molar-refractivity contribution is 5.97. The molecule has 0 N–H and O–H groups in total. The van der Waals surface area contributed by atoms with Gasteiger partial charge in [0, 0.05) is 5.56 Å². The van der Waals surface area contributed by atoms with Crippen molar-refractivity contribution in [3.05, 3.63) is 35.4 Å². The number of likely N-dealkylation sites (N-methyl/N-ethyl adjacent to an activating group) is 1. The Morgan fingerprint density at radius 1 is 1.18 bits per heavy atom. The van der Waals surface area contributed by atoms with E-state index in [9.17, 15) is 4.79 Å². The molecule has 2 heteroatoms. The number of carbonyl (C=O) groups is 1. The molecule has 94 valence electrons.